The Balaban J connectivity index is 1.78. The highest BCUT2D eigenvalue weighted by Gasteiger charge is 2.42. The zero-order valence-corrected chi connectivity index (χ0v) is 12.0. The van der Waals surface area contributed by atoms with Gasteiger partial charge in [-0.05, 0) is 36.5 Å². The fourth-order valence-electron chi connectivity index (χ4n) is 2.92. The molecule has 4 nitrogen and oxygen atoms in total. The first-order valence-corrected chi connectivity index (χ1v) is 7.35. The first kappa shape index (κ1) is 14.0. The average Bonchev–Trinajstić information content (AvgIpc) is 3.25. The van der Waals surface area contributed by atoms with Crippen LogP contribution in [0.15, 0.2) is 24.3 Å². The molecule has 2 aliphatic rings. The second-order valence-corrected chi connectivity index (χ2v) is 6.00. The molecule has 0 radical (unpaired) electrons. The lowest BCUT2D eigenvalue weighted by Crippen LogP contribution is -2.35. The van der Waals surface area contributed by atoms with E-state index in [1.54, 1.807) is 24.1 Å². The first-order chi connectivity index (χ1) is 10.1. The third-order valence-electron chi connectivity index (χ3n) is 4.40. The topological polar surface area (TPSA) is 49.4 Å². The number of amides is 2. The molecular weight excluding hydrogens is 271 g/mol. The molecule has 21 heavy (non-hydrogen) atoms. The van der Waals surface area contributed by atoms with Gasteiger partial charge in [-0.2, -0.15) is 0 Å². The van der Waals surface area contributed by atoms with E-state index < -0.39 is 5.92 Å². The summed E-state index contributed by atoms with van der Waals surface area (Å²) in [7, 11) is 1.70. The standard InChI is InChI=1S/C16H19FN2O2/c1-19-14(20)8-13(16(21)18-9-10-2-3-10)15(19)11-4-6-12(17)7-5-11/h4-7,10,13,15H,2-3,8-9H2,1H3,(H,18,21). The molecule has 1 heterocycles. The third kappa shape index (κ3) is 2.91. The minimum atomic E-state index is -0.397. The Labute approximate surface area is 123 Å². The highest BCUT2D eigenvalue weighted by atomic mass is 19.1. The summed E-state index contributed by atoms with van der Waals surface area (Å²) >= 11 is 0. The van der Waals surface area contributed by atoms with Gasteiger partial charge >= 0.3 is 0 Å². The van der Waals surface area contributed by atoms with E-state index in [2.05, 4.69) is 5.32 Å². The van der Waals surface area contributed by atoms with Crippen LogP contribution in [0.2, 0.25) is 0 Å². The van der Waals surface area contributed by atoms with Crippen molar-refractivity contribution in [3.8, 4) is 0 Å². The molecule has 0 bridgehead atoms. The summed E-state index contributed by atoms with van der Waals surface area (Å²) in [6.07, 6.45) is 2.56. The largest absolute Gasteiger partial charge is 0.355 e. The van der Waals surface area contributed by atoms with Gasteiger partial charge in [0.25, 0.3) is 0 Å². The van der Waals surface area contributed by atoms with Gasteiger partial charge in [-0.15, -0.1) is 0 Å². The number of halogens is 1. The second-order valence-electron chi connectivity index (χ2n) is 6.00. The van der Waals surface area contributed by atoms with Crippen molar-refractivity contribution in [1.82, 2.24) is 10.2 Å². The minimum Gasteiger partial charge on any atom is -0.355 e. The van der Waals surface area contributed by atoms with E-state index in [-0.39, 0.29) is 30.1 Å². The molecule has 1 aromatic rings. The normalized spacial score (nSPS) is 25.2. The summed E-state index contributed by atoms with van der Waals surface area (Å²) < 4.78 is 13.1. The zero-order valence-electron chi connectivity index (χ0n) is 12.0. The number of benzene rings is 1. The lowest BCUT2D eigenvalue weighted by atomic mass is 9.93. The van der Waals surface area contributed by atoms with Crippen LogP contribution in [0.25, 0.3) is 0 Å². The Morgan fingerprint density at radius 3 is 2.62 bits per heavy atom. The van der Waals surface area contributed by atoms with Crippen molar-refractivity contribution in [3.63, 3.8) is 0 Å². The van der Waals surface area contributed by atoms with Crippen LogP contribution in [0.1, 0.15) is 30.9 Å². The molecule has 112 valence electrons. The maximum Gasteiger partial charge on any atom is 0.226 e. The molecule has 2 atom stereocenters. The predicted molar refractivity (Wildman–Crippen MR) is 75.8 cm³/mol. The van der Waals surface area contributed by atoms with Crippen LogP contribution in [-0.2, 0) is 9.59 Å². The van der Waals surface area contributed by atoms with Crippen molar-refractivity contribution < 1.29 is 14.0 Å². The van der Waals surface area contributed by atoms with Crippen LogP contribution in [-0.4, -0.2) is 30.3 Å². The average molecular weight is 290 g/mol. The number of rotatable bonds is 4. The molecule has 5 heteroatoms. The number of nitrogens with zero attached hydrogens (tertiary/aromatic N) is 1. The van der Waals surface area contributed by atoms with E-state index in [4.69, 9.17) is 0 Å². The van der Waals surface area contributed by atoms with Gasteiger partial charge in [0.2, 0.25) is 11.8 Å². The lowest BCUT2D eigenvalue weighted by Gasteiger charge is -2.25. The van der Waals surface area contributed by atoms with Gasteiger partial charge in [-0.1, -0.05) is 12.1 Å². The Morgan fingerprint density at radius 1 is 1.33 bits per heavy atom. The van der Waals surface area contributed by atoms with Crippen molar-refractivity contribution in [1.29, 1.82) is 0 Å². The van der Waals surface area contributed by atoms with Gasteiger partial charge < -0.3 is 10.2 Å². The summed E-state index contributed by atoms with van der Waals surface area (Å²) in [6, 6.07) is 5.72. The van der Waals surface area contributed by atoms with Gasteiger partial charge in [-0.3, -0.25) is 9.59 Å². The highest BCUT2D eigenvalue weighted by molar-refractivity contribution is 5.90. The van der Waals surface area contributed by atoms with Crippen LogP contribution >= 0.6 is 0 Å². The molecular formula is C16H19FN2O2. The molecule has 1 aliphatic heterocycles. The van der Waals surface area contributed by atoms with Crippen LogP contribution in [0.5, 0.6) is 0 Å². The van der Waals surface area contributed by atoms with Gasteiger partial charge in [-0.25, -0.2) is 4.39 Å². The van der Waals surface area contributed by atoms with Gasteiger partial charge in [0.1, 0.15) is 5.82 Å². The van der Waals surface area contributed by atoms with E-state index in [0.29, 0.717) is 12.5 Å². The molecule has 2 fully saturated rings. The number of nitrogens with one attached hydrogen (secondary N) is 1. The summed E-state index contributed by atoms with van der Waals surface area (Å²) in [6.45, 7) is 0.698. The van der Waals surface area contributed by atoms with E-state index in [9.17, 15) is 14.0 Å². The maximum absolute atomic E-state index is 13.1. The molecule has 2 amide bonds. The van der Waals surface area contributed by atoms with E-state index >= 15 is 0 Å². The molecule has 3 rings (SSSR count). The predicted octanol–water partition coefficient (Wildman–Crippen LogP) is 1.87. The molecule has 1 aromatic carbocycles. The fraction of sp³-hybridized carbons (Fsp3) is 0.500. The molecule has 0 aromatic heterocycles. The molecule has 1 aliphatic carbocycles. The van der Waals surface area contributed by atoms with E-state index in [1.807, 2.05) is 0 Å². The zero-order chi connectivity index (χ0) is 15.0. The van der Waals surface area contributed by atoms with Crippen LogP contribution in [0, 0.1) is 17.7 Å². The SMILES string of the molecule is CN1C(=O)CC(C(=O)NCC2CC2)C1c1ccc(F)cc1. The third-order valence-corrected chi connectivity index (χ3v) is 4.40. The first-order valence-electron chi connectivity index (χ1n) is 7.35. The molecule has 0 spiro atoms. The van der Waals surface area contributed by atoms with E-state index in [0.717, 1.165) is 5.56 Å². The molecule has 1 saturated heterocycles. The number of carbonyl (C=O) groups is 2. The summed E-state index contributed by atoms with van der Waals surface area (Å²) in [5, 5.41) is 2.95. The second kappa shape index (κ2) is 5.47. The van der Waals surface area contributed by atoms with Crippen molar-refractivity contribution >= 4 is 11.8 Å². The summed E-state index contributed by atoms with van der Waals surface area (Å²) in [5.74, 6) is -0.231. The Bertz CT molecular complexity index is 554. The number of hydrogen-bond acceptors (Lipinski definition) is 2. The number of likely N-dealkylation sites (tertiary alicyclic amines) is 1. The van der Waals surface area contributed by atoms with Gasteiger partial charge in [0.05, 0.1) is 12.0 Å². The lowest BCUT2D eigenvalue weighted by molar-refractivity contribution is -0.128. The van der Waals surface area contributed by atoms with Crippen molar-refractivity contribution in [3.05, 3.63) is 35.6 Å². The van der Waals surface area contributed by atoms with Gasteiger partial charge in [0.15, 0.2) is 0 Å². The van der Waals surface area contributed by atoms with Crippen LogP contribution < -0.4 is 5.32 Å². The van der Waals surface area contributed by atoms with Crippen molar-refractivity contribution in [2.24, 2.45) is 11.8 Å². The maximum atomic E-state index is 13.1. The summed E-state index contributed by atoms with van der Waals surface area (Å²) in [5.41, 5.74) is 0.802. The van der Waals surface area contributed by atoms with Crippen LogP contribution in [0.4, 0.5) is 4.39 Å². The monoisotopic (exact) mass is 290 g/mol. The van der Waals surface area contributed by atoms with Crippen molar-refractivity contribution in [2.45, 2.75) is 25.3 Å². The summed E-state index contributed by atoms with van der Waals surface area (Å²) in [4.78, 5) is 25.9. The van der Waals surface area contributed by atoms with Crippen LogP contribution in [0.3, 0.4) is 0 Å². The fourth-order valence-corrected chi connectivity index (χ4v) is 2.92. The molecule has 2 unspecified atom stereocenters. The number of hydrogen-bond donors (Lipinski definition) is 1. The minimum absolute atomic E-state index is 0.0455. The highest BCUT2D eigenvalue weighted by Crippen LogP contribution is 2.37. The Kier molecular flexibility index (Phi) is 3.66. The van der Waals surface area contributed by atoms with Gasteiger partial charge in [0, 0.05) is 20.0 Å². The smallest absolute Gasteiger partial charge is 0.226 e. The molecule has 1 saturated carbocycles. The quantitative estimate of drug-likeness (QED) is 0.920. The van der Waals surface area contributed by atoms with Crippen molar-refractivity contribution in [2.75, 3.05) is 13.6 Å². The van der Waals surface area contributed by atoms with E-state index in [1.165, 1.54) is 25.0 Å². The Morgan fingerprint density at radius 2 is 2.00 bits per heavy atom. The Hall–Kier alpha value is -1.91. The number of carbonyl (C=O) groups excluding carboxylic acids is 2. The molecule has 1 N–H and O–H groups in total.